The summed E-state index contributed by atoms with van der Waals surface area (Å²) in [7, 11) is 0. The van der Waals surface area contributed by atoms with Crippen molar-refractivity contribution in [2.45, 2.75) is 6.42 Å². The maximum absolute atomic E-state index is 10.5. The summed E-state index contributed by atoms with van der Waals surface area (Å²) >= 11 is 0. The number of nitrogens with zero attached hydrogens (tertiary/aromatic N) is 2. The van der Waals surface area contributed by atoms with E-state index in [4.69, 9.17) is 0 Å². The maximum atomic E-state index is 10.5. The zero-order valence-corrected chi connectivity index (χ0v) is 9.82. The first-order valence-electron chi connectivity index (χ1n) is 5.69. The largest absolute Gasteiger partial charge is 0.269 e. The molecule has 1 aromatic carbocycles. The van der Waals surface area contributed by atoms with Gasteiger partial charge in [0.1, 0.15) is 0 Å². The summed E-state index contributed by atoms with van der Waals surface area (Å²) in [6, 6.07) is 12.5. The molecule has 0 amide bonds. The van der Waals surface area contributed by atoms with Crippen LogP contribution in [0, 0.1) is 10.1 Å². The molecule has 0 fully saturated rings. The van der Waals surface area contributed by atoms with Crippen LogP contribution in [0.2, 0.25) is 0 Å². The van der Waals surface area contributed by atoms with Crippen LogP contribution in [-0.2, 0) is 6.42 Å². The van der Waals surface area contributed by atoms with Crippen LogP contribution in [0.5, 0.6) is 0 Å². The third kappa shape index (κ3) is 3.28. The average molecular weight is 244 g/mol. The first kappa shape index (κ1) is 12.0. The van der Waals surface area contributed by atoms with Gasteiger partial charge < -0.3 is 0 Å². The minimum atomic E-state index is -0.387. The lowest BCUT2D eigenvalue weighted by Crippen LogP contribution is -2.45. The van der Waals surface area contributed by atoms with Crippen molar-refractivity contribution < 1.29 is 9.60 Å². The summed E-state index contributed by atoms with van der Waals surface area (Å²) in [5, 5.41) is 10.5. The van der Waals surface area contributed by atoms with Crippen molar-refractivity contribution in [1.29, 1.82) is 0 Å². The van der Waals surface area contributed by atoms with Gasteiger partial charge in [0, 0.05) is 24.3 Å². The summed E-state index contributed by atoms with van der Waals surface area (Å²) in [5.41, 5.74) is 4.42. The number of nitrogens with one attached hydrogen (secondary N) is 1. The highest BCUT2D eigenvalue weighted by Gasteiger charge is 2.04. The van der Waals surface area contributed by atoms with E-state index >= 15 is 0 Å². The van der Waals surface area contributed by atoms with Crippen LogP contribution in [0.3, 0.4) is 0 Å². The van der Waals surface area contributed by atoms with Crippen LogP contribution in [-0.4, -0.2) is 11.5 Å². The number of hydrogen-bond donors (Lipinski definition) is 1. The number of non-ortho nitro benzene ring substituents is 1. The lowest BCUT2D eigenvalue weighted by Gasteiger charge is -2.01. The van der Waals surface area contributed by atoms with Crippen LogP contribution >= 0.6 is 0 Å². The van der Waals surface area contributed by atoms with E-state index in [0.29, 0.717) is 0 Å². The van der Waals surface area contributed by atoms with Gasteiger partial charge in [0.15, 0.2) is 12.4 Å². The van der Waals surface area contributed by atoms with Crippen molar-refractivity contribution in [3.05, 3.63) is 70.5 Å². The highest BCUT2D eigenvalue weighted by atomic mass is 16.6. The van der Waals surface area contributed by atoms with E-state index < -0.39 is 0 Å². The molecule has 0 radical (unpaired) electrons. The number of aromatic nitrogens is 1. The molecule has 0 saturated carbocycles. The fraction of sp³-hybridized carbons (Fsp3) is 0.154. The second-order valence-electron chi connectivity index (χ2n) is 3.86. The van der Waals surface area contributed by atoms with E-state index in [1.165, 1.54) is 12.1 Å². The molecule has 5 nitrogen and oxygen atoms in total. The summed E-state index contributed by atoms with van der Waals surface area (Å²) in [4.78, 5) is 10.1. The molecule has 92 valence electrons. The standard InChI is InChI=1S/C13H14N3O2/c17-16(18)13-6-4-12(5-7-13)8-9-14-15-10-2-1-3-11-15/h1-7,10-11,14H,8-9H2/q+1. The topological polar surface area (TPSA) is 59.1 Å². The number of pyridine rings is 1. The Hall–Kier alpha value is -2.43. The van der Waals surface area contributed by atoms with Crippen molar-refractivity contribution in [3.63, 3.8) is 0 Å². The zero-order chi connectivity index (χ0) is 12.8. The molecule has 0 saturated heterocycles. The third-order valence-electron chi connectivity index (χ3n) is 2.57. The van der Waals surface area contributed by atoms with Gasteiger partial charge in [0.05, 0.1) is 11.5 Å². The molecular formula is C13H14N3O2+. The number of benzene rings is 1. The molecule has 0 spiro atoms. The average Bonchev–Trinajstić information content (AvgIpc) is 2.40. The SMILES string of the molecule is O=[N+]([O-])c1ccc(CCN[n+]2ccccc2)cc1. The first-order chi connectivity index (χ1) is 8.75. The molecule has 2 aromatic rings. The highest BCUT2D eigenvalue weighted by Crippen LogP contribution is 2.11. The molecule has 0 atom stereocenters. The van der Waals surface area contributed by atoms with Gasteiger partial charge in [-0.05, 0) is 12.0 Å². The minimum Gasteiger partial charge on any atom is -0.258 e. The first-order valence-corrected chi connectivity index (χ1v) is 5.69. The Kier molecular flexibility index (Phi) is 3.86. The van der Waals surface area contributed by atoms with Crippen LogP contribution in [0.1, 0.15) is 5.56 Å². The second kappa shape index (κ2) is 5.77. The summed E-state index contributed by atoms with van der Waals surface area (Å²) < 4.78 is 1.88. The van der Waals surface area contributed by atoms with E-state index in [1.54, 1.807) is 12.1 Å². The van der Waals surface area contributed by atoms with Crippen LogP contribution in [0.4, 0.5) is 5.69 Å². The van der Waals surface area contributed by atoms with Crippen molar-refractivity contribution in [3.8, 4) is 0 Å². The highest BCUT2D eigenvalue weighted by molar-refractivity contribution is 5.32. The van der Waals surface area contributed by atoms with Gasteiger partial charge in [-0.15, -0.1) is 0 Å². The Morgan fingerprint density at radius 3 is 2.39 bits per heavy atom. The molecule has 0 aliphatic heterocycles. The molecule has 0 unspecified atom stereocenters. The molecule has 2 rings (SSSR count). The monoisotopic (exact) mass is 244 g/mol. The van der Waals surface area contributed by atoms with Gasteiger partial charge in [-0.25, -0.2) is 0 Å². The van der Waals surface area contributed by atoms with Gasteiger partial charge in [-0.2, -0.15) is 5.43 Å². The second-order valence-corrected chi connectivity index (χ2v) is 3.86. The zero-order valence-electron chi connectivity index (χ0n) is 9.82. The predicted molar refractivity (Wildman–Crippen MR) is 67.7 cm³/mol. The van der Waals surface area contributed by atoms with E-state index in [9.17, 15) is 10.1 Å². The van der Waals surface area contributed by atoms with E-state index in [-0.39, 0.29) is 10.6 Å². The van der Waals surface area contributed by atoms with Crippen LogP contribution in [0.25, 0.3) is 0 Å². The molecule has 0 aliphatic rings. The molecule has 1 heterocycles. The van der Waals surface area contributed by atoms with Gasteiger partial charge >= 0.3 is 0 Å². The normalized spacial score (nSPS) is 10.0. The van der Waals surface area contributed by atoms with E-state index in [1.807, 2.05) is 35.3 Å². The molecular weight excluding hydrogens is 230 g/mol. The molecule has 0 aliphatic carbocycles. The molecule has 0 bridgehead atoms. The third-order valence-corrected chi connectivity index (χ3v) is 2.57. The number of nitro benzene ring substituents is 1. The Labute approximate surface area is 105 Å². The number of rotatable bonds is 5. The molecule has 5 heteroatoms. The van der Waals surface area contributed by atoms with Crippen LogP contribution < -0.4 is 10.1 Å². The minimum absolute atomic E-state index is 0.129. The predicted octanol–water partition coefficient (Wildman–Crippen LogP) is 1.67. The summed E-state index contributed by atoms with van der Waals surface area (Å²) in [6.45, 7) is 0.770. The smallest absolute Gasteiger partial charge is 0.258 e. The Morgan fingerprint density at radius 2 is 1.78 bits per heavy atom. The van der Waals surface area contributed by atoms with Crippen molar-refractivity contribution in [2.75, 3.05) is 12.0 Å². The lowest BCUT2D eigenvalue weighted by atomic mass is 10.1. The van der Waals surface area contributed by atoms with Gasteiger partial charge in [-0.1, -0.05) is 22.9 Å². The van der Waals surface area contributed by atoms with E-state index in [2.05, 4.69) is 5.43 Å². The number of nitro groups is 1. The van der Waals surface area contributed by atoms with Gasteiger partial charge in [0.25, 0.3) is 5.69 Å². The summed E-state index contributed by atoms with van der Waals surface area (Å²) in [6.07, 6.45) is 4.67. The molecule has 1 N–H and O–H groups in total. The Morgan fingerprint density at radius 1 is 1.11 bits per heavy atom. The fourth-order valence-corrected chi connectivity index (χ4v) is 1.62. The maximum Gasteiger partial charge on any atom is 0.269 e. The Bertz CT molecular complexity index is 512. The molecule has 18 heavy (non-hydrogen) atoms. The number of hydrogen-bond acceptors (Lipinski definition) is 3. The van der Waals surface area contributed by atoms with Crippen molar-refractivity contribution in [2.24, 2.45) is 0 Å². The van der Waals surface area contributed by atoms with Crippen molar-refractivity contribution in [1.82, 2.24) is 0 Å². The molecule has 1 aromatic heterocycles. The fourth-order valence-electron chi connectivity index (χ4n) is 1.62. The summed E-state index contributed by atoms with van der Waals surface area (Å²) in [5.74, 6) is 0. The van der Waals surface area contributed by atoms with Gasteiger partial charge in [-0.3, -0.25) is 10.1 Å². The lowest BCUT2D eigenvalue weighted by molar-refractivity contribution is -0.650. The van der Waals surface area contributed by atoms with E-state index in [0.717, 1.165) is 18.5 Å². The Balaban J connectivity index is 1.85. The van der Waals surface area contributed by atoms with Crippen LogP contribution in [0.15, 0.2) is 54.9 Å². The van der Waals surface area contributed by atoms with Gasteiger partial charge in [0.2, 0.25) is 0 Å². The van der Waals surface area contributed by atoms with Crippen molar-refractivity contribution >= 4 is 5.69 Å². The quantitative estimate of drug-likeness (QED) is 0.494.